The van der Waals surface area contributed by atoms with Crippen molar-refractivity contribution in [1.82, 2.24) is 10.0 Å². The lowest BCUT2D eigenvalue weighted by atomic mass is 10.0. The number of benzene rings is 4. The summed E-state index contributed by atoms with van der Waals surface area (Å²) in [6.07, 6.45) is 2.75. The molecule has 0 radical (unpaired) electrons. The molecule has 4 aliphatic rings. The number of hydrazone groups is 2. The van der Waals surface area contributed by atoms with Gasteiger partial charge in [0.25, 0.3) is 11.8 Å². The second kappa shape index (κ2) is 15.9. The zero-order chi connectivity index (χ0) is 40.7. The zero-order valence-corrected chi connectivity index (χ0v) is 33.8. The Hall–Kier alpha value is -6.37. The average molecular weight is 785 g/mol. The van der Waals surface area contributed by atoms with Crippen molar-refractivity contribution in [3.63, 3.8) is 0 Å². The van der Waals surface area contributed by atoms with Gasteiger partial charge in [-0.05, 0) is 111 Å². The number of rotatable bonds is 12. The van der Waals surface area contributed by atoms with E-state index >= 15 is 0 Å². The van der Waals surface area contributed by atoms with Gasteiger partial charge in [0.15, 0.2) is 28.8 Å². The third-order valence-electron chi connectivity index (χ3n) is 11.8. The first-order chi connectivity index (χ1) is 28.1. The molecule has 13 heteroatoms. The summed E-state index contributed by atoms with van der Waals surface area (Å²) >= 11 is 0. The topological polar surface area (TPSA) is 126 Å². The maximum Gasteiger partial charge on any atom is 0.273 e. The van der Waals surface area contributed by atoms with E-state index in [1.807, 2.05) is 86.6 Å². The molecular weight excluding hydrogens is 737 g/mol. The predicted octanol–water partition coefficient (Wildman–Crippen LogP) is 5.99. The molecule has 4 aromatic rings. The molecule has 0 saturated heterocycles. The van der Waals surface area contributed by atoms with Gasteiger partial charge in [-0.2, -0.15) is 10.2 Å². The molecule has 0 N–H and O–H groups in total. The minimum Gasteiger partial charge on any atom is -0.493 e. The molecule has 4 aliphatic heterocycles. The molecular formula is C45H48N6O7. The number of carbonyl (C=O) groups excluding carboxylic acids is 3. The number of ether oxygens (including phenoxy) is 4. The van der Waals surface area contributed by atoms with Crippen LogP contribution in [0.15, 0.2) is 83.0 Å². The number of anilines is 2. The lowest BCUT2D eigenvalue weighted by Crippen LogP contribution is -2.48. The zero-order valence-electron chi connectivity index (χ0n) is 33.8. The number of hydrogen-bond donors (Lipinski definition) is 0. The van der Waals surface area contributed by atoms with Crippen molar-refractivity contribution < 1.29 is 33.3 Å². The minimum absolute atomic E-state index is 0.115. The van der Waals surface area contributed by atoms with E-state index in [9.17, 15) is 14.4 Å². The van der Waals surface area contributed by atoms with Crippen LogP contribution in [-0.4, -0.2) is 106 Å². The highest BCUT2D eigenvalue weighted by Gasteiger charge is 2.36. The van der Waals surface area contributed by atoms with Gasteiger partial charge in [0.2, 0.25) is 0 Å². The highest BCUT2D eigenvalue weighted by atomic mass is 16.5. The van der Waals surface area contributed by atoms with Gasteiger partial charge in [0.1, 0.15) is 0 Å². The molecule has 0 saturated carbocycles. The summed E-state index contributed by atoms with van der Waals surface area (Å²) in [5.41, 5.74) is 8.60. The molecule has 2 atom stereocenters. The van der Waals surface area contributed by atoms with Crippen molar-refractivity contribution >= 4 is 40.4 Å². The fourth-order valence-corrected chi connectivity index (χ4v) is 8.52. The van der Waals surface area contributed by atoms with Gasteiger partial charge >= 0.3 is 0 Å². The highest BCUT2D eigenvalue weighted by molar-refractivity contribution is 6.06. The maximum atomic E-state index is 14.1. The van der Waals surface area contributed by atoms with Crippen LogP contribution in [0.1, 0.15) is 69.7 Å². The molecule has 4 aromatic carbocycles. The fraction of sp³-hybridized carbons (Fsp3) is 0.356. The lowest BCUT2D eigenvalue weighted by molar-refractivity contribution is -0.121. The van der Waals surface area contributed by atoms with Crippen molar-refractivity contribution in [3.8, 4) is 23.0 Å². The van der Waals surface area contributed by atoms with Crippen molar-refractivity contribution in [2.24, 2.45) is 10.2 Å². The Bertz CT molecular complexity index is 2200. The quantitative estimate of drug-likeness (QED) is 0.170. The SMILES string of the molecule is COc1ccc(C2=NN(C(=O)c3ccc4c(c3)CCN4C(C)C(=O)C(C)N3CCc4cc(C(=O)N5CCC(c6ccc(OC)c(OC)c6)=N5)ccc43)CC2)cc1OC. The Morgan fingerprint density at radius 3 is 1.33 bits per heavy atom. The molecule has 300 valence electrons. The number of ketones is 1. The number of amides is 2. The maximum absolute atomic E-state index is 14.1. The Kier molecular flexibility index (Phi) is 10.5. The largest absolute Gasteiger partial charge is 0.493 e. The number of Topliss-reactive ketones (excluding diaryl/α,β-unsaturated/α-hetero) is 1. The van der Waals surface area contributed by atoms with E-state index in [1.54, 1.807) is 28.4 Å². The van der Waals surface area contributed by atoms with Crippen molar-refractivity contribution in [1.29, 1.82) is 0 Å². The monoisotopic (exact) mass is 784 g/mol. The highest BCUT2D eigenvalue weighted by Crippen LogP contribution is 2.36. The summed E-state index contributed by atoms with van der Waals surface area (Å²) in [6.45, 7) is 6.28. The standard InChI is InChI=1S/C45H48N6O7/c1-27(48-19-15-31-23-33(7-11-37(31)48)44(53)50-21-17-35(46-50)29-9-13-39(55-3)41(25-29)57-5)43(52)28(2)49-20-16-32-24-34(8-12-38(32)49)45(54)51-22-18-36(47-51)30-10-14-40(56-4)42(26-30)58-6/h7-14,23-28H,15-22H2,1-6H3. The van der Waals surface area contributed by atoms with E-state index in [0.29, 0.717) is 73.1 Å². The Morgan fingerprint density at radius 2 is 0.931 bits per heavy atom. The van der Waals surface area contributed by atoms with E-state index in [-0.39, 0.29) is 29.7 Å². The molecule has 0 aromatic heterocycles. The summed E-state index contributed by atoms with van der Waals surface area (Å²) in [5.74, 6) is 2.31. The summed E-state index contributed by atoms with van der Waals surface area (Å²) in [7, 11) is 6.38. The van der Waals surface area contributed by atoms with Gasteiger partial charge in [-0.15, -0.1) is 0 Å². The van der Waals surface area contributed by atoms with E-state index in [4.69, 9.17) is 18.9 Å². The molecule has 13 nitrogen and oxygen atoms in total. The Labute approximate surface area is 338 Å². The van der Waals surface area contributed by atoms with Crippen molar-refractivity contribution in [3.05, 3.63) is 106 Å². The number of nitrogens with zero attached hydrogens (tertiary/aromatic N) is 6. The van der Waals surface area contributed by atoms with E-state index in [1.165, 1.54) is 10.0 Å². The third kappa shape index (κ3) is 6.98. The second-order valence-corrected chi connectivity index (χ2v) is 14.9. The molecule has 8 rings (SSSR count). The van der Waals surface area contributed by atoms with Crippen LogP contribution >= 0.6 is 0 Å². The normalized spacial score (nSPS) is 16.7. The van der Waals surface area contributed by atoms with Gasteiger partial charge in [-0.3, -0.25) is 14.4 Å². The van der Waals surface area contributed by atoms with E-state index in [2.05, 4.69) is 20.0 Å². The minimum atomic E-state index is -0.372. The average Bonchev–Trinajstić information content (AvgIpc) is 4.11. The van der Waals surface area contributed by atoms with Crippen LogP contribution in [0.4, 0.5) is 11.4 Å². The van der Waals surface area contributed by atoms with Crippen LogP contribution in [0.25, 0.3) is 0 Å². The molecule has 0 spiro atoms. The van der Waals surface area contributed by atoms with Gasteiger partial charge in [0, 0.05) is 59.6 Å². The molecule has 2 unspecified atom stereocenters. The van der Waals surface area contributed by atoms with Crippen molar-refractivity contribution in [2.75, 3.05) is 64.4 Å². The van der Waals surface area contributed by atoms with Crippen LogP contribution in [-0.2, 0) is 17.6 Å². The summed E-state index contributed by atoms with van der Waals surface area (Å²) in [4.78, 5) is 45.6. The molecule has 58 heavy (non-hydrogen) atoms. The fourth-order valence-electron chi connectivity index (χ4n) is 8.52. The first kappa shape index (κ1) is 38.5. The van der Waals surface area contributed by atoms with Crippen LogP contribution in [0.3, 0.4) is 0 Å². The summed E-state index contributed by atoms with van der Waals surface area (Å²) in [5, 5.41) is 12.4. The number of carbonyl (C=O) groups is 3. The Balaban J connectivity index is 0.908. The predicted molar refractivity (Wildman–Crippen MR) is 222 cm³/mol. The van der Waals surface area contributed by atoms with Gasteiger partial charge < -0.3 is 28.7 Å². The van der Waals surface area contributed by atoms with Gasteiger partial charge in [-0.1, -0.05) is 0 Å². The van der Waals surface area contributed by atoms with Crippen molar-refractivity contribution in [2.45, 2.75) is 51.6 Å². The second-order valence-electron chi connectivity index (χ2n) is 14.9. The molecule has 0 bridgehead atoms. The molecule has 2 amide bonds. The van der Waals surface area contributed by atoms with E-state index in [0.717, 1.165) is 57.9 Å². The van der Waals surface area contributed by atoms with Gasteiger partial charge in [-0.25, -0.2) is 10.0 Å². The summed E-state index contributed by atoms with van der Waals surface area (Å²) < 4.78 is 21.6. The summed E-state index contributed by atoms with van der Waals surface area (Å²) in [6, 6.07) is 22.0. The first-order valence-corrected chi connectivity index (χ1v) is 19.7. The smallest absolute Gasteiger partial charge is 0.273 e. The molecule has 0 aliphatic carbocycles. The van der Waals surface area contributed by atoms with Crippen LogP contribution in [0.2, 0.25) is 0 Å². The van der Waals surface area contributed by atoms with Gasteiger partial charge in [0.05, 0.1) is 65.0 Å². The number of methoxy groups -OCH3 is 4. The third-order valence-corrected chi connectivity index (χ3v) is 11.8. The van der Waals surface area contributed by atoms with Crippen LogP contribution < -0.4 is 28.7 Å². The first-order valence-electron chi connectivity index (χ1n) is 19.7. The number of fused-ring (bicyclic) bond motifs is 2. The lowest BCUT2D eigenvalue weighted by Gasteiger charge is -2.33. The molecule has 0 fully saturated rings. The van der Waals surface area contributed by atoms with Crippen LogP contribution in [0.5, 0.6) is 23.0 Å². The van der Waals surface area contributed by atoms with Crippen LogP contribution in [0, 0.1) is 0 Å². The Morgan fingerprint density at radius 1 is 0.517 bits per heavy atom. The van der Waals surface area contributed by atoms with E-state index < -0.39 is 0 Å². The number of hydrogen-bond acceptors (Lipinski definition) is 11. The molecule has 4 heterocycles.